The van der Waals surface area contributed by atoms with Crippen molar-refractivity contribution in [2.45, 2.75) is 0 Å². The van der Waals surface area contributed by atoms with Crippen LogP contribution in [-0.2, 0) is 4.74 Å². The number of nitrogens with one attached hydrogen (secondary N) is 1. The predicted molar refractivity (Wildman–Crippen MR) is 71.5 cm³/mol. The normalized spacial score (nSPS) is 11.2. The molecule has 0 amide bonds. The number of ether oxygens (including phenoxy) is 3. The molecule has 0 saturated carbocycles. The van der Waals surface area contributed by atoms with Crippen LogP contribution in [0.1, 0.15) is 0 Å². The number of hydrogen-bond donors (Lipinski definition) is 2. The monoisotopic (exact) mass is 253 g/mol. The summed E-state index contributed by atoms with van der Waals surface area (Å²) < 4.78 is 15.2. The zero-order valence-electron chi connectivity index (χ0n) is 10.9. The summed E-state index contributed by atoms with van der Waals surface area (Å²) in [6, 6.07) is 5.39. The maximum absolute atomic E-state index is 5.75. The molecule has 1 rings (SSSR count). The molecule has 6 nitrogen and oxygen atoms in total. The number of guanidine groups is 1. The SMILES string of the molecule is COCCN=C(N)Nc1cc(OC)ccc1OC. The minimum absolute atomic E-state index is 0.304. The van der Waals surface area contributed by atoms with Gasteiger partial charge in [0, 0.05) is 13.2 Å². The van der Waals surface area contributed by atoms with E-state index in [1.165, 1.54) is 0 Å². The highest BCUT2D eigenvalue weighted by molar-refractivity contribution is 5.93. The van der Waals surface area contributed by atoms with Crippen molar-refractivity contribution in [3.05, 3.63) is 18.2 Å². The summed E-state index contributed by atoms with van der Waals surface area (Å²) in [4.78, 5) is 4.10. The number of rotatable bonds is 6. The van der Waals surface area contributed by atoms with E-state index in [0.717, 1.165) is 0 Å². The third-order valence-electron chi connectivity index (χ3n) is 2.25. The van der Waals surface area contributed by atoms with Crippen molar-refractivity contribution >= 4 is 11.6 Å². The Morgan fingerprint density at radius 1 is 1.28 bits per heavy atom. The van der Waals surface area contributed by atoms with Crippen molar-refractivity contribution in [2.24, 2.45) is 10.7 Å². The van der Waals surface area contributed by atoms with Crippen molar-refractivity contribution < 1.29 is 14.2 Å². The molecule has 100 valence electrons. The molecule has 0 aliphatic rings. The second-order valence-electron chi connectivity index (χ2n) is 3.45. The van der Waals surface area contributed by atoms with Crippen LogP contribution in [0.3, 0.4) is 0 Å². The Morgan fingerprint density at radius 3 is 2.67 bits per heavy atom. The molecular weight excluding hydrogens is 234 g/mol. The van der Waals surface area contributed by atoms with Gasteiger partial charge in [-0.05, 0) is 12.1 Å². The van der Waals surface area contributed by atoms with Gasteiger partial charge in [-0.1, -0.05) is 0 Å². The number of nitrogens with zero attached hydrogens (tertiary/aromatic N) is 1. The minimum atomic E-state index is 0.304. The van der Waals surface area contributed by atoms with Gasteiger partial charge in [0.25, 0.3) is 0 Å². The van der Waals surface area contributed by atoms with Crippen LogP contribution < -0.4 is 20.5 Å². The van der Waals surface area contributed by atoms with Gasteiger partial charge in [0.05, 0.1) is 33.1 Å². The van der Waals surface area contributed by atoms with Gasteiger partial charge >= 0.3 is 0 Å². The second-order valence-corrected chi connectivity index (χ2v) is 3.45. The first kappa shape index (κ1) is 14.1. The zero-order valence-corrected chi connectivity index (χ0v) is 10.9. The van der Waals surface area contributed by atoms with Crippen LogP contribution in [0, 0.1) is 0 Å². The number of anilines is 1. The minimum Gasteiger partial charge on any atom is -0.497 e. The van der Waals surface area contributed by atoms with Crippen molar-refractivity contribution in [2.75, 3.05) is 39.8 Å². The summed E-state index contributed by atoms with van der Waals surface area (Å²) in [5.74, 6) is 1.68. The average Bonchev–Trinajstić information content (AvgIpc) is 2.39. The number of aliphatic imine (C=N–C) groups is 1. The highest BCUT2D eigenvalue weighted by Gasteiger charge is 2.05. The van der Waals surface area contributed by atoms with Crippen molar-refractivity contribution in [1.29, 1.82) is 0 Å². The molecule has 3 N–H and O–H groups in total. The van der Waals surface area contributed by atoms with Crippen LogP contribution in [0.5, 0.6) is 11.5 Å². The van der Waals surface area contributed by atoms with Crippen molar-refractivity contribution in [1.82, 2.24) is 0 Å². The molecule has 0 aromatic heterocycles. The van der Waals surface area contributed by atoms with Gasteiger partial charge in [-0.25, -0.2) is 0 Å². The van der Waals surface area contributed by atoms with E-state index in [-0.39, 0.29) is 0 Å². The van der Waals surface area contributed by atoms with Crippen molar-refractivity contribution in [3.63, 3.8) is 0 Å². The smallest absolute Gasteiger partial charge is 0.193 e. The number of nitrogens with two attached hydrogens (primary N) is 1. The lowest BCUT2D eigenvalue weighted by atomic mass is 10.2. The Hall–Kier alpha value is -1.95. The highest BCUT2D eigenvalue weighted by atomic mass is 16.5. The molecule has 0 heterocycles. The molecule has 18 heavy (non-hydrogen) atoms. The molecule has 1 aromatic rings. The summed E-state index contributed by atoms with van der Waals surface area (Å²) in [5.41, 5.74) is 6.45. The summed E-state index contributed by atoms with van der Waals surface area (Å²) >= 11 is 0. The van der Waals surface area contributed by atoms with Gasteiger partial charge in [0.2, 0.25) is 0 Å². The van der Waals surface area contributed by atoms with E-state index in [2.05, 4.69) is 10.3 Å². The van der Waals surface area contributed by atoms with E-state index in [1.807, 2.05) is 6.07 Å². The first-order valence-electron chi connectivity index (χ1n) is 5.49. The number of methoxy groups -OCH3 is 3. The Morgan fingerprint density at radius 2 is 2.06 bits per heavy atom. The van der Waals surface area contributed by atoms with Gasteiger partial charge in [0.15, 0.2) is 5.96 Å². The quantitative estimate of drug-likeness (QED) is 0.450. The van der Waals surface area contributed by atoms with E-state index in [4.69, 9.17) is 19.9 Å². The lowest BCUT2D eigenvalue weighted by molar-refractivity contribution is 0.208. The molecule has 0 spiro atoms. The first-order valence-corrected chi connectivity index (χ1v) is 5.49. The van der Waals surface area contributed by atoms with E-state index in [0.29, 0.717) is 36.3 Å². The topological polar surface area (TPSA) is 78.1 Å². The third-order valence-corrected chi connectivity index (χ3v) is 2.25. The highest BCUT2D eigenvalue weighted by Crippen LogP contribution is 2.28. The van der Waals surface area contributed by atoms with Gasteiger partial charge in [-0.2, -0.15) is 0 Å². The standard InChI is InChI=1S/C12H19N3O3/c1-16-7-6-14-12(13)15-10-8-9(17-2)4-5-11(10)18-3/h4-5,8H,6-7H2,1-3H3,(H3,13,14,15). The number of benzene rings is 1. The van der Waals surface area contributed by atoms with E-state index >= 15 is 0 Å². The van der Waals surface area contributed by atoms with E-state index in [9.17, 15) is 0 Å². The first-order chi connectivity index (χ1) is 8.71. The summed E-state index contributed by atoms with van der Waals surface area (Å²) in [6.45, 7) is 1.03. The molecule has 0 unspecified atom stereocenters. The Bertz CT molecular complexity index is 408. The lowest BCUT2D eigenvalue weighted by Gasteiger charge is -2.12. The largest absolute Gasteiger partial charge is 0.497 e. The molecule has 0 fully saturated rings. The van der Waals surface area contributed by atoms with Crippen LogP contribution in [0.2, 0.25) is 0 Å². The molecule has 0 aliphatic carbocycles. The lowest BCUT2D eigenvalue weighted by Crippen LogP contribution is -2.23. The van der Waals surface area contributed by atoms with E-state index in [1.54, 1.807) is 33.5 Å². The van der Waals surface area contributed by atoms with E-state index < -0.39 is 0 Å². The molecule has 0 radical (unpaired) electrons. The maximum atomic E-state index is 5.75. The zero-order chi connectivity index (χ0) is 13.4. The summed E-state index contributed by atoms with van der Waals surface area (Å²) in [7, 11) is 4.80. The van der Waals surface area contributed by atoms with Crippen molar-refractivity contribution in [3.8, 4) is 11.5 Å². The van der Waals surface area contributed by atoms with Crippen LogP contribution >= 0.6 is 0 Å². The Labute approximate surface area is 107 Å². The predicted octanol–water partition coefficient (Wildman–Crippen LogP) is 1.08. The fraction of sp³-hybridized carbons (Fsp3) is 0.417. The fourth-order valence-electron chi connectivity index (χ4n) is 1.35. The molecule has 0 bridgehead atoms. The average molecular weight is 253 g/mol. The third kappa shape index (κ3) is 4.14. The van der Waals surface area contributed by atoms with Gasteiger partial charge in [0.1, 0.15) is 11.5 Å². The van der Waals surface area contributed by atoms with Crippen LogP contribution in [0.25, 0.3) is 0 Å². The molecular formula is C12H19N3O3. The second kappa shape index (κ2) is 7.39. The van der Waals surface area contributed by atoms with Crippen LogP contribution in [-0.4, -0.2) is 40.4 Å². The maximum Gasteiger partial charge on any atom is 0.193 e. The summed E-state index contributed by atoms with van der Waals surface area (Å²) in [5, 5.41) is 2.96. The molecule has 6 heteroatoms. The number of hydrogen-bond acceptors (Lipinski definition) is 4. The molecule has 1 aromatic carbocycles. The molecule has 0 saturated heterocycles. The van der Waals surface area contributed by atoms with Gasteiger partial charge < -0.3 is 25.3 Å². The van der Waals surface area contributed by atoms with Gasteiger partial charge in [-0.15, -0.1) is 0 Å². The Balaban J connectivity index is 2.78. The van der Waals surface area contributed by atoms with Crippen LogP contribution in [0.4, 0.5) is 5.69 Å². The Kier molecular flexibility index (Phi) is 5.79. The fourth-order valence-corrected chi connectivity index (χ4v) is 1.35. The molecule has 0 atom stereocenters. The van der Waals surface area contributed by atoms with Gasteiger partial charge in [-0.3, -0.25) is 4.99 Å². The molecule has 0 aliphatic heterocycles. The van der Waals surface area contributed by atoms with Crippen LogP contribution in [0.15, 0.2) is 23.2 Å². The summed E-state index contributed by atoms with van der Waals surface area (Å²) in [6.07, 6.45) is 0.